The minimum Gasteiger partial charge on any atom is -0.444 e. The molecule has 1 aliphatic rings. The molecule has 0 aliphatic heterocycles. The lowest BCUT2D eigenvalue weighted by atomic mass is 9.87. The molecule has 1 aromatic rings. The number of alkyl carbamates (subject to hydrolysis) is 1. The summed E-state index contributed by atoms with van der Waals surface area (Å²) < 4.78 is 5.43. The van der Waals surface area contributed by atoms with Gasteiger partial charge in [-0.25, -0.2) is 4.79 Å². The SMILES string of the molecule is C#Cc1ccc(C(C(=O)NC(C)C)N(C(=O)C(CC(C)C)NC(=O)OC(C)(C)C)C2CCC2)cc1. The number of nitrogens with zero attached hydrogens (tertiary/aromatic N) is 1. The minimum atomic E-state index is -0.836. The van der Waals surface area contributed by atoms with Crippen LogP contribution in [0.2, 0.25) is 0 Å². The van der Waals surface area contributed by atoms with Crippen molar-refractivity contribution in [1.29, 1.82) is 0 Å². The van der Waals surface area contributed by atoms with Gasteiger partial charge in [0.1, 0.15) is 17.7 Å². The second kappa shape index (κ2) is 12.1. The molecule has 0 radical (unpaired) electrons. The van der Waals surface area contributed by atoms with Crippen LogP contribution in [0, 0.1) is 18.3 Å². The Morgan fingerprint density at radius 2 is 1.69 bits per heavy atom. The molecule has 7 heteroatoms. The van der Waals surface area contributed by atoms with E-state index in [9.17, 15) is 14.4 Å². The molecule has 1 aliphatic carbocycles. The van der Waals surface area contributed by atoms with E-state index in [0.29, 0.717) is 17.5 Å². The molecule has 2 atom stereocenters. The Hall–Kier alpha value is -3.01. The number of terminal acetylenes is 1. The molecular formula is C28H41N3O4. The molecule has 0 spiro atoms. The van der Waals surface area contributed by atoms with Crippen molar-refractivity contribution >= 4 is 17.9 Å². The summed E-state index contributed by atoms with van der Waals surface area (Å²) in [6, 6.07) is 5.32. The van der Waals surface area contributed by atoms with Crippen molar-refractivity contribution in [2.45, 2.75) is 104 Å². The topological polar surface area (TPSA) is 87.7 Å². The molecule has 0 aromatic heterocycles. The average Bonchev–Trinajstić information content (AvgIpc) is 2.69. The normalized spacial score (nSPS) is 15.5. The second-order valence-corrected chi connectivity index (χ2v) is 11.0. The maximum atomic E-state index is 14.1. The zero-order valence-corrected chi connectivity index (χ0v) is 22.2. The van der Waals surface area contributed by atoms with E-state index < -0.39 is 23.8 Å². The van der Waals surface area contributed by atoms with Crippen LogP contribution >= 0.6 is 0 Å². The van der Waals surface area contributed by atoms with Gasteiger partial charge in [-0.3, -0.25) is 9.59 Å². The highest BCUT2D eigenvalue weighted by atomic mass is 16.6. The van der Waals surface area contributed by atoms with Crippen molar-refractivity contribution in [3.05, 3.63) is 35.4 Å². The summed E-state index contributed by atoms with van der Waals surface area (Å²) in [6.45, 7) is 13.1. The lowest BCUT2D eigenvalue weighted by molar-refractivity contribution is -0.148. The molecule has 2 N–H and O–H groups in total. The number of nitrogens with one attached hydrogen (secondary N) is 2. The third kappa shape index (κ3) is 8.31. The fourth-order valence-corrected chi connectivity index (χ4v) is 4.07. The number of carbonyl (C=O) groups is 3. The lowest BCUT2D eigenvalue weighted by Gasteiger charge is -2.44. The van der Waals surface area contributed by atoms with E-state index in [4.69, 9.17) is 11.2 Å². The summed E-state index contributed by atoms with van der Waals surface area (Å²) in [5.41, 5.74) is 0.687. The van der Waals surface area contributed by atoms with Crippen LogP contribution in [0.5, 0.6) is 0 Å². The zero-order chi connectivity index (χ0) is 26.3. The first-order valence-corrected chi connectivity index (χ1v) is 12.5. The molecule has 0 heterocycles. The molecule has 0 bridgehead atoms. The lowest BCUT2D eigenvalue weighted by Crippen LogP contribution is -2.58. The molecular weight excluding hydrogens is 442 g/mol. The number of hydrogen-bond acceptors (Lipinski definition) is 4. The zero-order valence-electron chi connectivity index (χ0n) is 22.2. The van der Waals surface area contributed by atoms with Crippen LogP contribution < -0.4 is 10.6 Å². The van der Waals surface area contributed by atoms with Gasteiger partial charge in [-0.05, 0) is 83.9 Å². The first-order chi connectivity index (χ1) is 16.3. The van der Waals surface area contributed by atoms with Gasteiger partial charge in [-0.1, -0.05) is 31.9 Å². The summed E-state index contributed by atoms with van der Waals surface area (Å²) in [7, 11) is 0. The van der Waals surface area contributed by atoms with Crippen LogP contribution in [-0.4, -0.2) is 46.5 Å². The van der Waals surface area contributed by atoms with Gasteiger partial charge < -0.3 is 20.3 Å². The Bertz CT molecular complexity index is 921. The predicted molar refractivity (Wildman–Crippen MR) is 137 cm³/mol. The Labute approximate surface area is 210 Å². The van der Waals surface area contributed by atoms with Gasteiger partial charge in [-0.2, -0.15) is 0 Å². The monoisotopic (exact) mass is 483 g/mol. The maximum absolute atomic E-state index is 14.1. The number of ether oxygens (including phenoxy) is 1. The van der Waals surface area contributed by atoms with Crippen LogP contribution in [0.25, 0.3) is 0 Å². The second-order valence-electron chi connectivity index (χ2n) is 11.0. The van der Waals surface area contributed by atoms with E-state index in [2.05, 4.69) is 16.6 Å². The number of amides is 3. The van der Waals surface area contributed by atoms with E-state index >= 15 is 0 Å². The Kier molecular flexibility index (Phi) is 9.76. The van der Waals surface area contributed by atoms with Crippen molar-refractivity contribution in [3.8, 4) is 12.3 Å². The molecule has 1 aromatic carbocycles. The van der Waals surface area contributed by atoms with Crippen LogP contribution in [0.15, 0.2) is 24.3 Å². The quantitative estimate of drug-likeness (QED) is 0.504. The van der Waals surface area contributed by atoms with Gasteiger partial charge in [0.2, 0.25) is 11.8 Å². The van der Waals surface area contributed by atoms with E-state index in [1.54, 1.807) is 49.9 Å². The van der Waals surface area contributed by atoms with E-state index in [1.165, 1.54) is 0 Å². The first-order valence-electron chi connectivity index (χ1n) is 12.5. The molecule has 1 saturated carbocycles. The molecule has 35 heavy (non-hydrogen) atoms. The van der Waals surface area contributed by atoms with Gasteiger partial charge in [0.05, 0.1) is 0 Å². The minimum absolute atomic E-state index is 0.0900. The molecule has 3 amide bonds. The molecule has 0 saturated heterocycles. The summed E-state index contributed by atoms with van der Waals surface area (Å²) in [5.74, 6) is 2.19. The Balaban J connectivity index is 2.48. The van der Waals surface area contributed by atoms with E-state index in [1.807, 2.05) is 27.7 Å². The van der Waals surface area contributed by atoms with Crippen LogP contribution in [-0.2, 0) is 14.3 Å². The molecule has 1 fully saturated rings. The summed E-state index contributed by atoms with van der Waals surface area (Å²) in [5, 5.41) is 5.76. The third-order valence-corrected chi connectivity index (χ3v) is 5.77. The van der Waals surface area contributed by atoms with Crippen molar-refractivity contribution in [2.75, 3.05) is 0 Å². The van der Waals surface area contributed by atoms with Crippen LogP contribution in [0.1, 0.15) is 91.3 Å². The third-order valence-electron chi connectivity index (χ3n) is 5.77. The number of rotatable bonds is 9. The Morgan fingerprint density at radius 1 is 1.09 bits per heavy atom. The van der Waals surface area contributed by atoms with Crippen LogP contribution in [0.4, 0.5) is 4.79 Å². The van der Waals surface area contributed by atoms with Crippen molar-refractivity contribution < 1.29 is 19.1 Å². The van der Waals surface area contributed by atoms with Gasteiger partial charge in [0.25, 0.3) is 0 Å². The Morgan fingerprint density at radius 3 is 2.11 bits per heavy atom. The van der Waals surface area contributed by atoms with Gasteiger partial charge in [-0.15, -0.1) is 6.42 Å². The number of carbonyl (C=O) groups excluding carboxylic acids is 3. The largest absolute Gasteiger partial charge is 0.444 e. The molecule has 2 rings (SSSR count). The summed E-state index contributed by atoms with van der Waals surface area (Å²) in [6.07, 6.45) is 7.89. The highest BCUT2D eigenvalue weighted by molar-refractivity contribution is 5.92. The predicted octanol–water partition coefficient (Wildman–Crippen LogP) is 4.55. The van der Waals surface area contributed by atoms with E-state index in [-0.39, 0.29) is 29.8 Å². The maximum Gasteiger partial charge on any atom is 0.408 e. The van der Waals surface area contributed by atoms with Gasteiger partial charge in [0.15, 0.2) is 0 Å². The highest BCUT2D eigenvalue weighted by Gasteiger charge is 2.42. The van der Waals surface area contributed by atoms with Gasteiger partial charge in [0, 0.05) is 17.6 Å². The van der Waals surface area contributed by atoms with Crippen molar-refractivity contribution in [1.82, 2.24) is 15.5 Å². The number of hydrogen-bond donors (Lipinski definition) is 2. The van der Waals surface area contributed by atoms with Crippen LogP contribution in [0.3, 0.4) is 0 Å². The first kappa shape index (κ1) is 28.2. The fraction of sp³-hybridized carbons (Fsp3) is 0.607. The standard InChI is InChI=1S/C28H41N3O4/c1-9-20-13-15-21(16-14-20)24(25(32)29-19(4)5)31(22-11-10-12-22)26(33)23(17-18(2)3)30-27(34)35-28(6,7)8/h1,13-16,18-19,22-24H,10-12,17H2,2-8H3,(H,29,32)(H,30,34). The number of benzene rings is 1. The van der Waals surface area contributed by atoms with Gasteiger partial charge >= 0.3 is 6.09 Å². The van der Waals surface area contributed by atoms with Crippen molar-refractivity contribution in [2.24, 2.45) is 5.92 Å². The van der Waals surface area contributed by atoms with Crippen molar-refractivity contribution in [3.63, 3.8) is 0 Å². The summed E-state index contributed by atoms with van der Waals surface area (Å²) in [4.78, 5) is 41.9. The fourth-order valence-electron chi connectivity index (χ4n) is 4.07. The molecule has 2 unspecified atom stereocenters. The average molecular weight is 484 g/mol. The van der Waals surface area contributed by atoms with E-state index in [0.717, 1.165) is 19.3 Å². The molecule has 7 nitrogen and oxygen atoms in total. The molecule has 192 valence electrons. The smallest absolute Gasteiger partial charge is 0.408 e. The summed E-state index contributed by atoms with van der Waals surface area (Å²) >= 11 is 0. The highest BCUT2D eigenvalue weighted by Crippen LogP contribution is 2.34.